The Morgan fingerprint density at radius 1 is 0.821 bits per heavy atom. The fourth-order valence-electron chi connectivity index (χ4n) is 4.60. The zero-order valence-corrected chi connectivity index (χ0v) is 24.2. The van der Waals surface area contributed by atoms with E-state index in [2.05, 4.69) is 6.92 Å². The molecular formula is C27H51FO10S. The van der Waals surface area contributed by atoms with Crippen molar-refractivity contribution in [2.24, 2.45) is 0 Å². The van der Waals surface area contributed by atoms with Crippen molar-refractivity contribution in [3.63, 3.8) is 0 Å². The molecule has 0 aromatic heterocycles. The van der Waals surface area contributed by atoms with Crippen LogP contribution in [0.25, 0.3) is 0 Å². The Morgan fingerprint density at radius 2 is 1.31 bits per heavy atom. The predicted octanol–water partition coefficient (Wildman–Crippen LogP) is 3.84. The molecule has 0 aromatic rings. The number of carbonyl (C=O) groups is 1. The smallest absolute Gasteiger partial charge is 0.306 e. The highest BCUT2D eigenvalue weighted by Gasteiger charge is 2.45. The molecule has 1 aliphatic rings. The lowest BCUT2D eigenvalue weighted by atomic mass is 10.00. The number of hydrogen-bond donors (Lipinski definition) is 4. The van der Waals surface area contributed by atoms with Crippen LogP contribution < -0.4 is 0 Å². The van der Waals surface area contributed by atoms with Gasteiger partial charge in [-0.2, -0.15) is 8.42 Å². The van der Waals surface area contributed by atoms with Crippen LogP contribution in [0.15, 0.2) is 0 Å². The average molecular weight is 586 g/mol. The van der Waals surface area contributed by atoms with Gasteiger partial charge < -0.3 is 29.5 Å². The highest BCUT2D eigenvalue weighted by atomic mass is 32.2. The number of halogens is 1. The molecule has 0 saturated carbocycles. The molecule has 39 heavy (non-hydrogen) atoms. The van der Waals surface area contributed by atoms with Gasteiger partial charge >= 0.3 is 5.97 Å². The first-order valence-electron chi connectivity index (χ1n) is 14.6. The van der Waals surface area contributed by atoms with Gasteiger partial charge in [0.2, 0.25) is 0 Å². The largest absolute Gasteiger partial charge is 0.457 e. The lowest BCUT2D eigenvalue weighted by Gasteiger charge is -2.40. The highest BCUT2D eigenvalue weighted by molar-refractivity contribution is 7.85. The van der Waals surface area contributed by atoms with E-state index in [-0.39, 0.29) is 6.42 Å². The minimum atomic E-state index is -4.56. The Hall–Kier alpha value is -0.890. The van der Waals surface area contributed by atoms with E-state index < -0.39 is 71.9 Å². The van der Waals surface area contributed by atoms with Crippen LogP contribution in [0.1, 0.15) is 110 Å². The molecule has 6 atom stereocenters. The Morgan fingerprint density at radius 3 is 1.77 bits per heavy atom. The van der Waals surface area contributed by atoms with Gasteiger partial charge in [-0.25, -0.2) is 4.39 Å². The molecule has 0 amide bonds. The first-order valence-corrected chi connectivity index (χ1v) is 16.2. The molecule has 0 bridgehead atoms. The van der Waals surface area contributed by atoms with Gasteiger partial charge in [0, 0.05) is 6.42 Å². The number of esters is 1. The van der Waals surface area contributed by atoms with E-state index in [1.54, 1.807) is 0 Å². The van der Waals surface area contributed by atoms with Crippen LogP contribution in [0, 0.1) is 0 Å². The second kappa shape index (κ2) is 20.9. The molecule has 232 valence electrons. The third-order valence-corrected chi connectivity index (χ3v) is 7.69. The number of carbonyl (C=O) groups excluding carboxylic acids is 1. The third kappa shape index (κ3) is 16.8. The number of unbranched alkanes of at least 4 members (excludes halogenated alkanes) is 14. The van der Waals surface area contributed by atoms with Gasteiger partial charge in [0.1, 0.15) is 36.8 Å². The maximum absolute atomic E-state index is 13.4. The predicted molar refractivity (Wildman–Crippen MR) is 144 cm³/mol. The summed E-state index contributed by atoms with van der Waals surface area (Å²) in [6, 6.07) is 0. The summed E-state index contributed by atoms with van der Waals surface area (Å²) < 4.78 is 60.0. The van der Waals surface area contributed by atoms with Gasteiger partial charge in [-0.3, -0.25) is 9.35 Å². The van der Waals surface area contributed by atoms with Crippen molar-refractivity contribution in [2.75, 3.05) is 19.0 Å². The summed E-state index contributed by atoms with van der Waals surface area (Å²) >= 11 is 0. The number of alkyl halides is 1. The van der Waals surface area contributed by atoms with Crippen LogP contribution >= 0.6 is 0 Å². The summed E-state index contributed by atoms with van der Waals surface area (Å²) in [5.74, 6) is -1.63. The lowest BCUT2D eigenvalue weighted by Crippen LogP contribution is -2.60. The molecule has 4 N–H and O–H groups in total. The van der Waals surface area contributed by atoms with Crippen molar-refractivity contribution in [1.82, 2.24) is 0 Å². The van der Waals surface area contributed by atoms with Gasteiger partial charge in [0.25, 0.3) is 10.1 Å². The van der Waals surface area contributed by atoms with E-state index >= 15 is 0 Å². The second-order valence-electron chi connectivity index (χ2n) is 10.6. The third-order valence-electron chi connectivity index (χ3n) is 6.94. The fourth-order valence-corrected chi connectivity index (χ4v) is 5.29. The quantitative estimate of drug-likeness (QED) is 0.0788. The van der Waals surface area contributed by atoms with E-state index in [0.29, 0.717) is 6.42 Å². The van der Waals surface area contributed by atoms with Crippen molar-refractivity contribution >= 4 is 16.1 Å². The SMILES string of the molecule is CCCCCCCCCCCCCCCCCC(=O)OC(C[18F])CO[C@H]1OC(CS(=O)(=O)O)[C@@H](O)[C@H](O)C1O. The Balaban J connectivity index is 2.14. The first kappa shape index (κ1) is 36.1. The summed E-state index contributed by atoms with van der Waals surface area (Å²) in [6.45, 7) is 0.649. The van der Waals surface area contributed by atoms with Crippen molar-refractivity contribution in [3.05, 3.63) is 0 Å². The number of aliphatic hydroxyl groups excluding tert-OH is 3. The number of rotatable bonds is 23. The average Bonchev–Trinajstić information content (AvgIpc) is 2.88. The van der Waals surface area contributed by atoms with Crippen LogP contribution in [0.3, 0.4) is 0 Å². The molecule has 1 heterocycles. The molecular weight excluding hydrogens is 534 g/mol. The van der Waals surface area contributed by atoms with Crippen LogP contribution in [0.2, 0.25) is 0 Å². The molecule has 0 aromatic carbocycles. The van der Waals surface area contributed by atoms with Gasteiger partial charge in [0.15, 0.2) is 12.4 Å². The molecule has 0 radical (unpaired) electrons. The summed E-state index contributed by atoms with van der Waals surface area (Å²) in [7, 11) is -4.56. The van der Waals surface area contributed by atoms with Gasteiger partial charge in [0.05, 0.1) is 6.61 Å². The zero-order chi connectivity index (χ0) is 29.1. The molecule has 1 saturated heterocycles. The molecule has 10 nitrogen and oxygen atoms in total. The summed E-state index contributed by atoms with van der Waals surface area (Å²) in [5.41, 5.74) is 0. The molecule has 1 aliphatic heterocycles. The van der Waals surface area contributed by atoms with E-state index in [9.17, 15) is 32.9 Å². The van der Waals surface area contributed by atoms with Crippen LogP contribution in [-0.4, -0.2) is 90.1 Å². The molecule has 1 rings (SSSR count). The van der Waals surface area contributed by atoms with Gasteiger partial charge in [-0.1, -0.05) is 96.8 Å². The molecule has 0 aliphatic carbocycles. The number of ether oxygens (including phenoxy) is 3. The maximum Gasteiger partial charge on any atom is 0.306 e. The maximum atomic E-state index is 13.4. The topological polar surface area (TPSA) is 160 Å². The van der Waals surface area contributed by atoms with Crippen LogP contribution in [0.5, 0.6) is 0 Å². The van der Waals surface area contributed by atoms with Crippen molar-refractivity contribution in [2.45, 2.75) is 146 Å². The van der Waals surface area contributed by atoms with Crippen molar-refractivity contribution in [1.29, 1.82) is 0 Å². The van der Waals surface area contributed by atoms with Gasteiger partial charge in [-0.15, -0.1) is 0 Å². The Bertz CT molecular complexity index is 738. The molecule has 12 heteroatoms. The van der Waals surface area contributed by atoms with E-state index in [4.69, 9.17) is 18.8 Å². The number of aliphatic hydroxyl groups is 3. The highest BCUT2D eigenvalue weighted by Crippen LogP contribution is 2.23. The summed E-state index contributed by atoms with van der Waals surface area (Å²) in [6.07, 6.45) is 8.29. The van der Waals surface area contributed by atoms with Crippen LogP contribution in [-0.2, 0) is 29.1 Å². The zero-order valence-electron chi connectivity index (χ0n) is 23.4. The fraction of sp³-hybridized carbons (Fsp3) is 0.963. The Labute approximate surface area is 233 Å². The van der Waals surface area contributed by atoms with Crippen molar-refractivity contribution < 1.29 is 51.7 Å². The minimum Gasteiger partial charge on any atom is -0.457 e. The minimum absolute atomic E-state index is 0.138. The van der Waals surface area contributed by atoms with Crippen LogP contribution in [0.4, 0.5) is 4.39 Å². The van der Waals surface area contributed by atoms with Crippen molar-refractivity contribution in [3.8, 4) is 0 Å². The normalized spacial score (nSPS) is 24.5. The monoisotopic (exact) mass is 585 g/mol. The van der Waals surface area contributed by atoms with E-state index in [1.165, 1.54) is 70.6 Å². The number of hydrogen-bond acceptors (Lipinski definition) is 9. The summed E-state index contributed by atoms with van der Waals surface area (Å²) in [4.78, 5) is 12.1. The molecule has 1 fully saturated rings. The summed E-state index contributed by atoms with van der Waals surface area (Å²) in [5, 5.41) is 29.8. The molecule has 3 unspecified atom stereocenters. The standard InChI is InChI=1S/C27H51FO10S/c1-2-3-4-5-6-7-8-9-10-11-12-13-14-15-16-17-23(29)37-21(18-28)19-36-27-26(32)25(31)24(30)22(38-27)20-39(33,34)35/h21-22,24-27,30-32H,2-20H2,1H3,(H,33,34,35)/t21?,22?,24-,25+,26?,27+/m1/s1/i28-1. The first-order chi connectivity index (χ1) is 18.6. The molecule has 0 spiro atoms. The van der Waals surface area contributed by atoms with Gasteiger partial charge in [-0.05, 0) is 6.42 Å². The second-order valence-corrected chi connectivity index (χ2v) is 12.1. The van der Waals surface area contributed by atoms with E-state index in [0.717, 1.165) is 19.3 Å². The Kier molecular flexibility index (Phi) is 19.4. The van der Waals surface area contributed by atoms with E-state index in [1.807, 2.05) is 0 Å². The lowest BCUT2D eigenvalue weighted by molar-refractivity contribution is -0.296.